The van der Waals surface area contributed by atoms with Gasteiger partial charge in [-0.25, -0.2) is 0 Å². The maximum absolute atomic E-state index is 10.0. The molecular weight excluding hydrogens is 272 g/mol. The molecule has 0 bridgehead atoms. The Morgan fingerprint density at radius 1 is 1.23 bits per heavy atom. The van der Waals surface area contributed by atoms with Gasteiger partial charge in [0.15, 0.2) is 0 Å². The number of β-amino-alcohol motifs (C(OH)–C–C–N with tert-alkyl or cyclic N) is 1. The van der Waals surface area contributed by atoms with Gasteiger partial charge in [0, 0.05) is 32.2 Å². The average Bonchev–Trinajstić information content (AvgIpc) is 2.47. The molecule has 0 amide bonds. The molecule has 3 heteroatoms. The van der Waals surface area contributed by atoms with Gasteiger partial charge in [0.25, 0.3) is 0 Å². The zero-order valence-corrected chi connectivity index (χ0v) is 14.6. The Labute approximate surface area is 135 Å². The lowest BCUT2D eigenvalue weighted by molar-refractivity contribution is -0.00393. The number of hydrogen-bond donors (Lipinski definition) is 1. The van der Waals surface area contributed by atoms with Gasteiger partial charge in [0.1, 0.15) is 0 Å². The van der Waals surface area contributed by atoms with Crippen LogP contribution in [0.3, 0.4) is 0 Å². The summed E-state index contributed by atoms with van der Waals surface area (Å²) in [5.74, 6) is 0.617. The molecule has 1 aliphatic heterocycles. The summed E-state index contributed by atoms with van der Waals surface area (Å²) in [6, 6.07) is 11.3. The third kappa shape index (κ3) is 5.38. The van der Waals surface area contributed by atoms with Gasteiger partial charge < -0.3 is 10.0 Å². The third-order valence-corrected chi connectivity index (χ3v) is 4.69. The van der Waals surface area contributed by atoms with E-state index in [-0.39, 0.29) is 0 Å². The Morgan fingerprint density at radius 3 is 2.50 bits per heavy atom. The van der Waals surface area contributed by atoms with E-state index in [9.17, 15) is 5.11 Å². The van der Waals surface area contributed by atoms with Crippen LogP contribution in [0.25, 0.3) is 0 Å². The van der Waals surface area contributed by atoms with E-state index in [0.29, 0.717) is 12.0 Å². The van der Waals surface area contributed by atoms with Crippen molar-refractivity contribution < 1.29 is 5.11 Å². The van der Waals surface area contributed by atoms with E-state index in [4.69, 9.17) is 0 Å². The Bertz CT molecular complexity index is 440. The molecule has 0 spiro atoms. The molecule has 124 valence electrons. The first-order valence-corrected chi connectivity index (χ1v) is 8.59. The highest BCUT2D eigenvalue weighted by molar-refractivity contribution is 5.18. The van der Waals surface area contributed by atoms with Crippen molar-refractivity contribution in [1.29, 1.82) is 0 Å². The predicted octanol–water partition coefficient (Wildman–Crippen LogP) is 2.96. The topological polar surface area (TPSA) is 26.7 Å². The first kappa shape index (κ1) is 17.5. The van der Waals surface area contributed by atoms with Crippen molar-refractivity contribution in [3.8, 4) is 0 Å². The normalized spacial score (nSPS) is 22.7. The molecule has 0 radical (unpaired) electrons. The van der Waals surface area contributed by atoms with Gasteiger partial charge in [-0.2, -0.15) is 0 Å². The number of piperazine rings is 1. The minimum atomic E-state index is -0.599. The van der Waals surface area contributed by atoms with E-state index in [1.165, 1.54) is 12.0 Å². The molecule has 0 aliphatic carbocycles. The monoisotopic (exact) mass is 304 g/mol. The van der Waals surface area contributed by atoms with Gasteiger partial charge in [-0.15, -0.1) is 0 Å². The molecule has 1 saturated heterocycles. The lowest BCUT2D eigenvalue weighted by Crippen LogP contribution is -2.55. The highest BCUT2D eigenvalue weighted by Gasteiger charge is 2.27. The average molecular weight is 304 g/mol. The molecule has 1 aromatic rings. The third-order valence-electron chi connectivity index (χ3n) is 4.69. The van der Waals surface area contributed by atoms with Crippen LogP contribution >= 0.6 is 0 Å². The fourth-order valence-corrected chi connectivity index (χ4v) is 3.33. The summed E-state index contributed by atoms with van der Waals surface area (Å²) >= 11 is 0. The molecule has 0 saturated carbocycles. The van der Waals surface area contributed by atoms with Crippen LogP contribution in [0.15, 0.2) is 30.3 Å². The number of rotatable bonds is 6. The molecule has 22 heavy (non-hydrogen) atoms. The molecule has 2 atom stereocenters. The quantitative estimate of drug-likeness (QED) is 0.875. The molecule has 3 nitrogen and oxygen atoms in total. The van der Waals surface area contributed by atoms with Crippen LogP contribution in [0.4, 0.5) is 0 Å². The van der Waals surface area contributed by atoms with Gasteiger partial charge in [-0.3, -0.25) is 4.90 Å². The number of aliphatic hydroxyl groups is 1. The largest absolute Gasteiger partial charge is 0.389 e. The summed E-state index contributed by atoms with van der Waals surface area (Å²) in [5, 5.41) is 10.0. The number of benzene rings is 1. The summed E-state index contributed by atoms with van der Waals surface area (Å²) in [7, 11) is 0. The summed E-state index contributed by atoms with van der Waals surface area (Å²) in [5.41, 5.74) is 0.842. The van der Waals surface area contributed by atoms with Crippen molar-refractivity contribution in [2.24, 2.45) is 0 Å². The van der Waals surface area contributed by atoms with Crippen molar-refractivity contribution in [3.05, 3.63) is 35.9 Å². The smallest absolute Gasteiger partial charge is 0.0718 e. The molecule has 1 aromatic carbocycles. The van der Waals surface area contributed by atoms with Crippen molar-refractivity contribution in [3.63, 3.8) is 0 Å². The molecule has 0 aromatic heterocycles. The Balaban J connectivity index is 1.77. The minimum Gasteiger partial charge on any atom is -0.389 e. The van der Waals surface area contributed by atoms with E-state index in [1.54, 1.807) is 0 Å². The first-order valence-electron chi connectivity index (χ1n) is 8.59. The Morgan fingerprint density at radius 2 is 1.91 bits per heavy atom. The zero-order chi connectivity index (χ0) is 16.2. The second kappa shape index (κ2) is 7.58. The van der Waals surface area contributed by atoms with E-state index >= 15 is 0 Å². The minimum absolute atomic E-state index is 0.521. The van der Waals surface area contributed by atoms with Crippen molar-refractivity contribution >= 4 is 0 Å². The zero-order valence-electron chi connectivity index (χ0n) is 14.6. The molecule has 2 unspecified atom stereocenters. The number of nitrogens with zero attached hydrogens (tertiary/aromatic N) is 2. The van der Waals surface area contributed by atoms with Gasteiger partial charge in [0.05, 0.1) is 5.60 Å². The predicted molar refractivity (Wildman–Crippen MR) is 93.2 cm³/mol. The van der Waals surface area contributed by atoms with Crippen molar-refractivity contribution in [2.75, 3.05) is 32.7 Å². The Hall–Kier alpha value is -0.900. The van der Waals surface area contributed by atoms with Gasteiger partial charge in [0.2, 0.25) is 0 Å². The van der Waals surface area contributed by atoms with Gasteiger partial charge >= 0.3 is 0 Å². The van der Waals surface area contributed by atoms with Gasteiger partial charge in [-0.1, -0.05) is 37.3 Å². The van der Waals surface area contributed by atoms with Crippen molar-refractivity contribution in [2.45, 2.75) is 51.7 Å². The first-order chi connectivity index (χ1) is 10.3. The van der Waals surface area contributed by atoms with E-state index in [2.05, 4.69) is 54.0 Å². The highest BCUT2D eigenvalue weighted by Crippen LogP contribution is 2.20. The maximum Gasteiger partial charge on any atom is 0.0718 e. The molecule has 1 heterocycles. The lowest BCUT2D eigenvalue weighted by atomic mass is 9.97. The second-order valence-corrected chi connectivity index (χ2v) is 7.53. The molecule has 1 N–H and O–H groups in total. The lowest BCUT2D eigenvalue weighted by Gasteiger charge is -2.42. The fraction of sp³-hybridized carbons (Fsp3) is 0.684. The molecular formula is C19H32N2O. The molecule has 2 rings (SSSR count). The maximum atomic E-state index is 10.0. The fourth-order valence-electron chi connectivity index (χ4n) is 3.33. The van der Waals surface area contributed by atoms with Crippen molar-refractivity contribution in [1.82, 2.24) is 9.80 Å². The second-order valence-electron chi connectivity index (χ2n) is 7.53. The summed E-state index contributed by atoms with van der Waals surface area (Å²) < 4.78 is 0. The summed E-state index contributed by atoms with van der Waals surface area (Å²) in [6.07, 6.45) is 1.21. The molecule has 1 aliphatic rings. The van der Waals surface area contributed by atoms with E-state index in [0.717, 1.165) is 32.7 Å². The van der Waals surface area contributed by atoms with Crippen LogP contribution in [0.5, 0.6) is 0 Å². The SMILES string of the molecule is CC(CCN1CCN(CC(C)(C)O)C(C)C1)c1ccccc1. The summed E-state index contributed by atoms with van der Waals surface area (Å²) in [4.78, 5) is 4.99. The van der Waals surface area contributed by atoms with Crippen LogP contribution in [-0.4, -0.2) is 59.3 Å². The van der Waals surface area contributed by atoms with E-state index < -0.39 is 5.60 Å². The van der Waals surface area contributed by atoms with Crippen LogP contribution in [0.2, 0.25) is 0 Å². The molecule has 1 fully saturated rings. The van der Waals surface area contributed by atoms with E-state index in [1.807, 2.05) is 13.8 Å². The number of hydrogen-bond acceptors (Lipinski definition) is 3. The summed E-state index contributed by atoms with van der Waals surface area (Å²) in [6.45, 7) is 13.6. The highest BCUT2D eigenvalue weighted by atomic mass is 16.3. The van der Waals surface area contributed by atoms with Crippen LogP contribution < -0.4 is 0 Å². The van der Waals surface area contributed by atoms with Crippen LogP contribution in [-0.2, 0) is 0 Å². The van der Waals surface area contributed by atoms with Gasteiger partial charge in [-0.05, 0) is 45.2 Å². The van der Waals surface area contributed by atoms with Crippen LogP contribution in [0, 0.1) is 0 Å². The standard InChI is InChI=1S/C19H32N2O/c1-16(18-8-6-5-7-9-18)10-11-20-12-13-21(17(2)14-20)15-19(3,4)22/h5-9,16-17,22H,10-15H2,1-4H3. The van der Waals surface area contributed by atoms with Crippen LogP contribution in [0.1, 0.15) is 45.6 Å². The Kier molecular flexibility index (Phi) is 6.01.